The van der Waals surface area contributed by atoms with Gasteiger partial charge in [0.2, 0.25) is 0 Å². The van der Waals surface area contributed by atoms with Crippen molar-refractivity contribution in [3.05, 3.63) is 70.0 Å². The van der Waals surface area contributed by atoms with Crippen molar-refractivity contribution in [1.29, 1.82) is 0 Å². The molecule has 0 aliphatic carbocycles. The van der Waals surface area contributed by atoms with Crippen molar-refractivity contribution in [2.75, 3.05) is 26.2 Å². The fourth-order valence-electron chi connectivity index (χ4n) is 2.92. The molecule has 0 N–H and O–H groups in total. The summed E-state index contributed by atoms with van der Waals surface area (Å²) in [5, 5.41) is 11.1. The standard InChI is InChI=1S/C17H20N4O2/c22-21(23)17-6-2-1-5-16(17)14-20-10-8-19(9-11-20)13-15-4-3-7-18-12-15/h1-7,12H,8-11,13-14H2. The maximum absolute atomic E-state index is 11.1. The van der Waals surface area contributed by atoms with Crippen molar-refractivity contribution in [2.24, 2.45) is 0 Å². The van der Waals surface area contributed by atoms with Gasteiger partial charge in [0.1, 0.15) is 0 Å². The Bertz CT molecular complexity index is 655. The van der Waals surface area contributed by atoms with Crippen LogP contribution in [-0.4, -0.2) is 45.9 Å². The highest BCUT2D eigenvalue weighted by Crippen LogP contribution is 2.20. The molecule has 0 unspecified atom stereocenters. The third kappa shape index (κ3) is 4.12. The summed E-state index contributed by atoms with van der Waals surface area (Å²) in [6.45, 7) is 5.33. The van der Waals surface area contributed by atoms with E-state index in [4.69, 9.17) is 0 Å². The van der Waals surface area contributed by atoms with Crippen LogP contribution in [0, 0.1) is 10.1 Å². The van der Waals surface area contributed by atoms with Gasteiger partial charge in [-0.05, 0) is 11.6 Å². The smallest absolute Gasteiger partial charge is 0.273 e. The van der Waals surface area contributed by atoms with Gasteiger partial charge in [-0.1, -0.05) is 24.3 Å². The van der Waals surface area contributed by atoms with E-state index in [1.807, 2.05) is 24.4 Å². The third-order valence-electron chi connectivity index (χ3n) is 4.18. The number of hydrogen-bond donors (Lipinski definition) is 0. The number of benzene rings is 1. The zero-order chi connectivity index (χ0) is 16.1. The van der Waals surface area contributed by atoms with Gasteiger partial charge < -0.3 is 0 Å². The zero-order valence-electron chi connectivity index (χ0n) is 13.0. The van der Waals surface area contributed by atoms with Gasteiger partial charge in [-0.25, -0.2) is 0 Å². The second-order valence-corrected chi connectivity index (χ2v) is 5.80. The Labute approximate surface area is 135 Å². The molecule has 1 aliphatic rings. The molecule has 3 rings (SSSR count). The van der Waals surface area contributed by atoms with Crippen LogP contribution in [0.2, 0.25) is 0 Å². The van der Waals surface area contributed by atoms with E-state index < -0.39 is 0 Å². The Morgan fingerprint density at radius 1 is 1.00 bits per heavy atom. The van der Waals surface area contributed by atoms with E-state index in [2.05, 4.69) is 20.9 Å². The molecule has 120 valence electrons. The number of aromatic nitrogens is 1. The lowest BCUT2D eigenvalue weighted by Gasteiger charge is -2.34. The van der Waals surface area contributed by atoms with Gasteiger partial charge in [0.25, 0.3) is 5.69 Å². The van der Waals surface area contributed by atoms with Gasteiger partial charge in [0.05, 0.1) is 4.92 Å². The van der Waals surface area contributed by atoms with Crippen LogP contribution in [0.15, 0.2) is 48.8 Å². The minimum absolute atomic E-state index is 0.213. The van der Waals surface area contributed by atoms with Crippen molar-refractivity contribution in [3.63, 3.8) is 0 Å². The molecule has 1 fully saturated rings. The van der Waals surface area contributed by atoms with Crippen LogP contribution in [-0.2, 0) is 13.1 Å². The van der Waals surface area contributed by atoms with Crippen LogP contribution in [0.1, 0.15) is 11.1 Å². The van der Waals surface area contributed by atoms with Gasteiger partial charge in [-0.3, -0.25) is 24.9 Å². The summed E-state index contributed by atoms with van der Waals surface area (Å²) in [6, 6.07) is 11.1. The molecule has 1 aliphatic heterocycles. The second-order valence-electron chi connectivity index (χ2n) is 5.80. The number of rotatable bonds is 5. The summed E-state index contributed by atoms with van der Waals surface area (Å²) < 4.78 is 0. The maximum Gasteiger partial charge on any atom is 0.273 e. The van der Waals surface area contributed by atoms with E-state index >= 15 is 0 Å². The molecule has 0 amide bonds. The van der Waals surface area contributed by atoms with E-state index in [1.54, 1.807) is 18.3 Å². The SMILES string of the molecule is O=[N+]([O-])c1ccccc1CN1CCN(Cc2cccnc2)CC1. The van der Waals surface area contributed by atoms with Gasteiger partial charge in [-0.2, -0.15) is 0 Å². The van der Waals surface area contributed by atoms with Crippen molar-refractivity contribution in [1.82, 2.24) is 14.8 Å². The molecule has 2 aromatic rings. The number of hydrogen-bond acceptors (Lipinski definition) is 5. The molecule has 2 heterocycles. The fourth-order valence-corrected chi connectivity index (χ4v) is 2.92. The van der Waals surface area contributed by atoms with E-state index in [9.17, 15) is 10.1 Å². The van der Waals surface area contributed by atoms with Crippen LogP contribution >= 0.6 is 0 Å². The number of para-hydroxylation sites is 1. The molecule has 23 heavy (non-hydrogen) atoms. The largest absolute Gasteiger partial charge is 0.296 e. The molecular weight excluding hydrogens is 292 g/mol. The fraction of sp³-hybridized carbons (Fsp3) is 0.353. The van der Waals surface area contributed by atoms with E-state index in [0.29, 0.717) is 6.54 Å². The van der Waals surface area contributed by atoms with Crippen molar-refractivity contribution < 1.29 is 4.92 Å². The lowest BCUT2D eigenvalue weighted by Crippen LogP contribution is -2.45. The second kappa shape index (κ2) is 7.30. The van der Waals surface area contributed by atoms with Gasteiger partial charge >= 0.3 is 0 Å². The monoisotopic (exact) mass is 312 g/mol. The Balaban J connectivity index is 1.54. The zero-order valence-corrected chi connectivity index (χ0v) is 13.0. The Kier molecular flexibility index (Phi) is 4.95. The average molecular weight is 312 g/mol. The van der Waals surface area contributed by atoms with E-state index in [0.717, 1.165) is 38.3 Å². The molecule has 1 saturated heterocycles. The highest BCUT2D eigenvalue weighted by molar-refractivity contribution is 5.39. The van der Waals surface area contributed by atoms with Crippen molar-refractivity contribution >= 4 is 5.69 Å². The number of nitro benzene ring substituents is 1. The molecule has 1 aromatic carbocycles. The molecule has 6 heteroatoms. The summed E-state index contributed by atoms with van der Waals surface area (Å²) in [5.41, 5.74) is 2.23. The lowest BCUT2D eigenvalue weighted by atomic mass is 10.1. The quantitative estimate of drug-likeness (QED) is 0.626. The number of pyridine rings is 1. The molecular formula is C17H20N4O2. The molecule has 0 saturated carbocycles. The maximum atomic E-state index is 11.1. The summed E-state index contributed by atoms with van der Waals surface area (Å²) in [4.78, 5) is 19.6. The molecule has 0 spiro atoms. The third-order valence-corrected chi connectivity index (χ3v) is 4.18. The Morgan fingerprint density at radius 2 is 1.70 bits per heavy atom. The highest BCUT2D eigenvalue weighted by Gasteiger charge is 2.20. The highest BCUT2D eigenvalue weighted by atomic mass is 16.6. The average Bonchev–Trinajstić information content (AvgIpc) is 2.58. The number of piperazine rings is 1. The van der Waals surface area contributed by atoms with Crippen LogP contribution in [0.3, 0.4) is 0 Å². The van der Waals surface area contributed by atoms with Crippen LogP contribution in [0.4, 0.5) is 5.69 Å². The number of nitro groups is 1. The Morgan fingerprint density at radius 3 is 2.35 bits per heavy atom. The predicted octanol–water partition coefficient (Wildman–Crippen LogP) is 2.31. The van der Waals surface area contributed by atoms with Crippen LogP contribution in [0.5, 0.6) is 0 Å². The first-order valence-electron chi connectivity index (χ1n) is 7.78. The summed E-state index contributed by atoms with van der Waals surface area (Å²) >= 11 is 0. The van der Waals surface area contributed by atoms with E-state index in [1.165, 1.54) is 5.56 Å². The molecule has 6 nitrogen and oxygen atoms in total. The van der Waals surface area contributed by atoms with Crippen molar-refractivity contribution in [3.8, 4) is 0 Å². The first-order valence-corrected chi connectivity index (χ1v) is 7.78. The summed E-state index contributed by atoms with van der Waals surface area (Å²) in [7, 11) is 0. The van der Waals surface area contributed by atoms with Gasteiger partial charge in [0, 0.05) is 63.3 Å². The first-order chi connectivity index (χ1) is 11.2. The number of nitrogens with zero attached hydrogens (tertiary/aromatic N) is 4. The lowest BCUT2D eigenvalue weighted by molar-refractivity contribution is -0.385. The van der Waals surface area contributed by atoms with Gasteiger partial charge in [-0.15, -0.1) is 0 Å². The molecule has 0 bridgehead atoms. The normalized spacial score (nSPS) is 16.3. The molecule has 0 radical (unpaired) electrons. The Hall–Kier alpha value is -2.31. The van der Waals surface area contributed by atoms with Crippen LogP contribution < -0.4 is 0 Å². The van der Waals surface area contributed by atoms with Crippen molar-refractivity contribution in [2.45, 2.75) is 13.1 Å². The molecule has 0 atom stereocenters. The topological polar surface area (TPSA) is 62.5 Å². The first kappa shape index (κ1) is 15.6. The van der Waals surface area contributed by atoms with Crippen LogP contribution in [0.25, 0.3) is 0 Å². The van der Waals surface area contributed by atoms with Gasteiger partial charge in [0.15, 0.2) is 0 Å². The summed E-state index contributed by atoms with van der Waals surface area (Å²) in [6.07, 6.45) is 3.69. The minimum Gasteiger partial charge on any atom is -0.296 e. The molecule has 1 aromatic heterocycles. The summed E-state index contributed by atoms with van der Waals surface area (Å²) in [5.74, 6) is 0. The predicted molar refractivity (Wildman–Crippen MR) is 87.9 cm³/mol. The minimum atomic E-state index is -0.298. The van der Waals surface area contributed by atoms with E-state index in [-0.39, 0.29) is 10.6 Å².